The van der Waals surface area contributed by atoms with Crippen molar-refractivity contribution in [1.82, 2.24) is 10.2 Å². The fraction of sp³-hybridized carbons (Fsp3) is 0.471. The zero-order valence-electron chi connectivity index (χ0n) is 26.5. The van der Waals surface area contributed by atoms with E-state index in [2.05, 4.69) is 32.7 Å². The molecule has 0 aliphatic heterocycles. The highest BCUT2D eigenvalue weighted by molar-refractivity contribution is 6.09. The molecule has 0 saturated heterocycles. The molecule has 0 aromatic heterocycles. The zero-order chi connectivity index (χ0) is 31.8. The van der Waals surface area contributed by atoms with E-state index in [4.69, 9.17) is 5.73 Å². The van der Waals surface area contributed by atoms with Crippen LogP contribution in [0.1, 0.15) is 89.2 Å². The van der Waals surface area contributed by atoms with Gasteiger partial charge >= 0.3 is 0 Å². The lowest BCUT2D eigenvalue weighted by molar-refractivity contribution is -0.133. The monoisotopic (exact) mass is 567 g/mol. The average Bonchev–Trinajstić information content (AvgIpc) is 2.98. The molecule has 7 heteroatoms. The van der Waals surface area contributed by atoms with Crippen molar-refractivity contribution in [3.63, 3.8) is 0 Å². The van der Waals surface area contributed by atoms with Crippen LogP contribution in [0.2, 0.25) is 0 Å². The number of likely N-dealkylation sites (N-methyl/N-ethyl adjacent to an activating group) is 1. The van der Waals surface area contributed by atoms with Crippen molar-refractivity contribution < 1.29 is 19.2 Å². The van der Waals surface area contributed by atoms with Crippen molar-refractivity contribution in [2.75, 3.05) is 13.6 Å². The molecule has 2 rings (SSSR count). The van der Waals surface area contributed by atoms with Gasteiger partial charge in [0.1, 0.15) is 6.29 Å². The number of nitrogens with two attached hydrogens (primary N) is 1. The van der Waals surface area contributed by atoms with E-state index in [-0.39, 0.29) is 29.6 Å². The topological polar surface area (TPSA) is 110 Å². The number of primary amides is 1. The molecule has 3 N–H and O–H groups in total. The first-order valence-corrected chi connectivity index (χ1v) is 14.5. The zero-order valence-corrected chi connectivity index (χ0v) is 26.5. The Labute approximate surface area is 248 Å². The second kappa shape index (κ2) is 24.2. The summed E-state index contributed by atoms with van der Waals surface area (Å²) >= 11 is 0. The van der Waals surface area contributed by atoms with Crippen molar-refractivity contribution in [2.24, 2.45) is 17.6 Å². The summed E-state index contributed by atoms with van der Waals surface area (Å²) in [7, 11) is 1.79. The van der Waals surface area contributed by atoms with Crippen LogP contribution in [0.15, 0.2) is 67.3 Å². The minimum absolute atomic E-state index is 0.00229. The smallest absolute Gasteiger partial charge is 0.239 e. The number of hydrogen-bond acceptors (Lipinski definition) is 5. The largest absolute Gasteiger partial charge is 0.369 e. The first-order valence-electron chi connectivity index (χ1n) is 14.5. The molecule has 3 unspecified atom stereocenters. The Kier molecular flexibility index (Phi) is 23.4. The molecule has 0 aliphatic rings. The number of aldehydes is 1. The summed E-state index contributed by atoms with van der Waals surface area (Å²) in [4.78, 5) is 47.6. The molecule has 0 radical (unpaired) electrons. The van der Waals surface area contributed by atoms with Crippen molar-refractivity contribution in [1.29, 1.82) is 0 Å². The number of ketones is 1. The second-order valence-corrected chi connectivity index (χ2v) is 9.82. The number of nitrogens with zero attached hydrogens (tertiary/aromatic N) is 1. The highest BCUT2D eigenvalue weighted by atomic mass is 16.2. The first kappa shape index (κ1) is 39.6. The van der Waals surface area contributed by atoms with Crippen LogP contribution in [0.4, 0.5) is 0 Å². The number of rotatable bonds is 12. The van der Waals surface area contributed by atoms with Crippen LogP contribution in [0.5, 0.6) is 0 Å². The molecule has 228 valence electrons. The minimum Gasteiger partial charge on any atom is -0.369 e. The van der Waals surface area contributed by atoms with Gasteiger partial charge in [-0.3, -0.25) is 14.4 Å². The van der Waals surface area contributed by atoms with Gasteiger partial charge in [0.05, 0.1) is 6.04 Å². The maximum Gasteiger partial charge on any atom is 0.239 e. The number of allylic oxidation sites excluding steroid dienone is 1. The predicted octanol–water partition coefficient (Wildman–Crippen LogP) is 6.21. The van der Waals surface area contributed by atoms with Crippen LogP contribution in [0, 0.1) is 11.8 Å². The highest BCUT2D eigenvalue weighted by Crippen LogP contribution is 2.14. The molecule has 41 heavy (non-hydrogen) atoms. The molecule has 2 aromatic rings. The molecule has 2 aromatic carbocycles. The summed E-state index contributed by atoms with van der Waals surface area (Å²) in [5.41, 5.74) is 7.21. The van der Waals surface area contributed by atoms with Crippen LogP contribution in [-0.4, -0.2) is 48.4 Å². The summed E-state index contributed by atoms with van der Waals surface area (Å²) in [5, 5.41) is 3.01. The van der Waals surface area contributed by atoms with Gasteiger partial charge in [-0.2, -0.15) is 0 Å². The summed E-state index contributed by atoms with van der Waals surface area (Å²) in [6.07, 6.45) is 5.73. The van der Waals surface area contributed by atoms with Gasteiger partial charge in [-0.25, -0.2) is 0 Å². The lowest BCUT2D eigenvalue weighted by Gasteiger charge is -2.26. The fourth-order valence-electron chi connectivity index (χ4n) is 3.18. The maximum absolute atomic E-state index is 12.7. The number of carbonyl (C=O) groups is 4. The van der Waals surface area contributed by atoms with E-state index >= 15 is 0 Å². The van der Waals surface area contributed by atoms with Gasteiger partial charge in [-0.05, 0) is 38.9 Å². The number of carbonyl (C=O) groups excluding carboxylic acids is 4. The van der Waals surface area contributed by atoms with E-state index in [1.54, 1.807) is 27.0 Å². The molecular formula is C34H53N3O4. The third-order valence-corrected chi connectivity index (χ3v) is 5.95. The quantitative estimate of drug-likeness (QED) is 0.180. The van der Waals surface area contributed by atoms with E-state index in [9.17, 15) is 19.2 Å². The molecule has 0 aliphatic carbocycles. The fourth-order valence-corrected chi connectivity index (χ4v) is 3.18. The molecular weight excluding hydrogens is 514 g/mol. The summed E-state index contributed by atoms with van der Waals surface area (Å²) < 4.78 is 0. The summed E-state index contributed by atoms with van der Waals surface area (Å²) in [5.74, 6) is -0.942. The second-order valence-electron chi connectivity index (χ2n) is 9.82. The van der Waals surface area contributed by atoms with E-state index in [0.29, 0.717) is 17.7 Å². The Morgan fingerprint density at radius 3 is 1.95 bits per heavy atom. The number of unbranched alkanes of at least 4 members (excludes halogenated alkanes) is 1. The average molecular weight is 568 g/mol. The normalized spacial score (nSPS) is 11.8. The summed E-state index contributed by atoms with van der Waals surface area (Å²) in [6, 6.07) is 16.6. The van der Waals surface area contributed by atoms with Crippen LogP contribution >= 0.6 is 0 Å². The van der Waals surface area contributed by atoms with Crippen molar-refractivity contribution in [2.45, 2.75) is 80.3 Å². The lowest BCUT2D eigenvalue weighted by atomic mass is 9.97. The molecule has 0 fully saturated rings. The van der Waals surface area contributed by atoms with E-state index in [1.807, 2.05) is 73.3 Å². The van der Waals surface area contributed by atoms with Gasteiger partial charge in [0.2, 0.25) is 11.8 Å². The third-order valence-electron chi connectivity index (χ3n) is 5.95. The lowest BCUT2D eigenvalue weighted by Crippen LogP contribution is -2.43. The van der Waals surface area contributed by atoms with Crippen molar-refractivity contribution >= 4 is 23.9 Å². The van der Waals surface area contributed by atoms with Crippen molar-refractivity contribution in [3.8, 4) is 0 Å². The molecule has 3 atom stereocenters. The Morgan fingerprint density at radius 1 is 0.976 bits per heavy atom. The van der Waals surface area contributed by atoms with Gasteiger partial charge in [0.25, 0.3) is 0 Å². The Bertz CT molecular complexity index is 1020. The number of amides is 2. The Hall–Kier alpha value is -3.58. The van der Waals surface area contributed by atoms with Crippen LogP contribution in [0.3, 0.4) is 0 Å². The van der Waals surface area contributed by atoms with E-state index < -0.39 is 5.91 Å². The molecule has 0 saturated carbocycles. The molecule has 2 amide bonds. The van der Waals surface area contributed by atoms with Crippen LogP contribution in [0.25, 0.3) is 0 Å². The standard InChI is InChI=1S/C22H28N2O2.C6H11NO2.C3H8.C3H6/c1-4-5-14-24(22(26)17(2)23-3)16-18-10-9-13-20(15-18)21(25)19-11-7-6-8-12-19;1-4(3-8)5(2)6(7)9;2*1-3-2/h6-13,15,17,23H,4-5,14,16H2,1-3H3;3-5H,1-2H3,(H2,7,9);3H2,1-2H3;3H,1H2,2H3. The Balaban J connectivity index is 0. The van der Waals surface area contributed by atoms with E-state index in [0.717, 1.165) is 31.2 Å². The van der Waals surface area contributed by atoms with Crippen LogP contribution < -0.4 is 11.1 Å². The van der Waals surface area contributed by atoms with Crippen LogP contribution in [-0.2, 0) is 20.9 Å². The van der Waals surface area contributed by atoms with Gasteiger partial charge in [-0.15, -0.1) is 6.58 Å². The third kappa shape index (κ3) is 17.0. The van der Waals surface area contributed by atoms with Gasteiger partial charge in [0, 0.05) is 36.1 Å². The summed E-state index contributed by atoms with van der Waals surface area (Å²) in [6.45, 7) is 18.0. The first-order chi connectivity index (χ1) is 19.5. The number of nitrogens with one attached hydrogen (secondary N) is 1. The molecule has 0 bridgehead atoms. The number of benzene rings is 2. The molecule has 0 heterocycles. The van der Waals surface area contributed by atoms with E-state index in [1.165, 1.54) is 6.42 Å². The Morgan fingerprint density at radius 2 is 1.51 bits per heavy atom. The van der Waals surface area contributed by atoms with Gasteiger partial charge in [-0.1, -0.05) is 102 Å². The molecule has 7 nitrogen and oxygen atoms in total. The minimum atomic E-state index is -0.422. The maximum atomic E-state index is 12.7. The SMILES string of the molecule is C=CC.CC(C=O)C(C)C(N)=O.CCC.CCCCN(Cc1cccc(C(=O)c2ccccc2)c1)C(=O)C(C)NC. The highest BCUT2D eigenvalue weighted by Gasteiger charge is 2.19. The number of hydrogen-bond donors (Lipinski definition) is 2. The van der Waals surface area contributed by atoms with Gasteiger partial charge in [0.15, 0.2) is 5.78 Å². The van der Waals surface area contributed by atoms with Gasteiger partial charge < -0.3 is 20.7 Å². The predicted molar refractivity (Wildman–Crippen MR) is 171 cm³/mol. The molecule has 0 spiro atoms. The van der Waals surface area contributed by atoms with Crippen molar-refractivity contribution in [3.05, 3.63) is 83.9 Å².